The molecule has 1 aliphatic rings. The van der Waals surface area contributed by atoms with Crippen LogP contribution in [0, 0.1) is 0 Å². The molecule has 1 saturated heterocycles. The van der Waals surface area contributed by atoms with Gasteiger partial charge in [-0.05, 0) is 84.1 Å². The molecule has 0 aromatic heterocycles. The maximum absolute atomic E-state index is 12.7. The Bertz CT molecular complexity index is 1370. The minimum absolute atomic E-state index is 0.0281. The van der Waals surface area contributed by atoms with Gasteiger partial charge in [-0.25, -0.2) is 0 Å². The van der Waals surface area contributed by atoms with Crippen LogP contribution >= 0.6 is 35.0 Å². The predicted molar refractivity (Wildman–Crippen MR) is 135 cm³/mol. The minimum Gasteiger partial charge on any atom is -0.492 e. The van der Waals surface area contributed by atoms with Crippen LogP contribution in [0.15, 0.2) is 82.6 Å². The third-order valence-electron chi connectivity index (χ3n) is 4.76. The fourth-order valence-electron chi connectivity index (χ4n) is 3.03. The summed E-state index contributed by atoms with van der Waals surface area (Å²) in [5.41, 5.74) is 0.601. The van der Waals surface area contributed by atoms with Gasteiger partial charge >= 0.3 is 10.1 Å². The summed E-state index contributed by atoms with van der Waals surface area (Å²) in [5.74, 6) is 0.257. The number of imide groups is 1. The highest BCUT2D eigenvalue weighted by Crippen LogP contribution is 2.32. The largest absolute Gasteiger partial charge is 0.492 e. The molecule has 3 aromatic rings. The van der Waals surface area contributed by atoms with Crippen LogP contribution < -0.4 is 8.92 Å². The van der Waals surface area contributed by atoms with Crippen molar-refractivity contribution in [2.75, 3.05) is 13.2 Å². The van der Waals surface area contributed by atoms with Crippen LogP contribution in [0.25, 0.3) is 6.08 Å². The summed E-state index contributed by atoms with van der Waals surface area (Å²) in [6, 6.07) is 18.5. The van der Waals surface area contributed by atoms with E-state index >= 15 is 0 Å². The van der Waals surface area contributed by atoms with Crippen LogP contribution in [0.4, 0.5) is 4.79 Å². The van der Waals surface area contributed by atoms with Gasteiger partial charge in [0.2, 0.25) is 0 Å². The normalized spacial score (nSPS) is 15.0. The Balaban J connectivity index is 1.37. The van der Waals surface area contributed by atoms with Crippen molar-refractivity contribution in [2.24, 2.45) is 0 Å². The second kappa shape index (κ2) is 10.7. The van der Waals surface area contributed by atoms with Crippen LogP contribution in [0.5, 0.6) is 11.5 Å². The standard InChI is InChI=1S/C24H17Cl2NO6S2/c25-17-3-9-19(10-4-17)32-14-13-27-23(28)22(34-24(27)29)15-16-1-7-20(8-2-16)33-35(30,31)21-11-5-18(26)6-12-21/h1-12,15H,13-14H2/b22-15-. The highest BCUT2D eigenvalue weighted by Gasteiger charge is 2.34. The highest BCUT2D eigenvalue weighted by molar-refractivity contribution is 8.18. The molecule has 0 spiro atoms. The molecule has 1 fully saturated rings. The number of rotatable bonds is 8. The summed E-state index contributed by atoms with van der Waals surface area (Å²) in [5, 5.41) is 0.595. The zero-order valence-corrected chi connectivity index (χ0v) is 21.0. The van der Waals surface area contributed by atoms with E-state index in [1.807, 2.05) is 0 Å². The van der Waals surface area contributed by atoms with Gasteiger partial charge in [0, 0.05) is 10.0 Å². The molecule has 180 valence electrons. The molecule has 0 saturated carbocycles. The molecular weight excluding hydrogens is 533 g/mol. The lowest BCUT2D eigenvalue weighted by Gasteiger charge is -2.13. The first-order valence-corrected chi connectivity index (χ1v) is 13.1. The van der Waals surface area contributed by atoms with Gasteiger partial charge in [-0.1, -0.05) is 35.3 Å². The van der Waals surface area contributed by atoms with E-state index in [9.17, 15) is 18.0 Å². The molecular formula is C24H17Cl2NO6S2. The topological polar surface area (TPSA) is 90.0 Å². The zero-order valence-electron chi connectivity index (χ0n) is 17.9. The number of nitrogens with zero attached hydrogens (tertiary/aromatic N) is 1. The minimum atomic E-state index is -4.02. The predicted octanol–water partition coefficient (Wildman–Crippen LogP) is 5.88. The summed E-state index contributed by atoms with van der Waals surface area (Å²) < 4.78 is 35.5. The van der Waals surface area contributed by atoms with E-state index in [-0.39, 0.29) is 28.7 Å². The summed E-state index contributed by atoms with van der Waals surface area (Å²) in [6.45, 7) is 0.237. The van der Waals surface area contributed by atoms with Gasteiger partial charge in [0.15, 0.2) is 0 Å². The average molecular weight is 550 g/mol. The van der Waals surface area contributed by atoms with Crippen LogP contribution in [-0.4, -0.2) is 37.6 Å². The Morgan fingerprint density at radius 2 is 1.40 bits per heavy atom. The molecule has 1 heterocycles. The van der Waals surface area contributed by atoms with Crippen molar-refractivity contribution in [1.82, 2.24) is 4.90 Å². The molecule has 2 amide bonds. The van der Waals surface area contributed by atoms with Crippen molar-refractivity contribution in [3.63, 3.8) is 0 Å². The van der Waals surface area contributed by atoms with Gasteiger partial charge in [0.05, 0.1) is 11.4 Å². The Morgan fingerprint density at radius 3 is 2.03 bits per heavy atom. The van der Waals surface area contributed by atoms with E-state index in [0.717, 1.165) is 16.7 Å². The quantitative estimate of drug-likeness (QED) is 0.256. The molecule has 0 unspecified atom stereocenters. The number of hydrogen-bond donors (Lipinski definition) is 0. The monoisotopic (exact) mass is 549 g/mol. The number of thioether (sulfide) groups is 1. The molecule has 0 N–H and O–H groups in total. The zero-order chi connectivity index (χ0) is 25.0. The van der Waals surface area contributed by atoms with E-state index in [2.05, 4.69) is 0 Å². The molecule has 11 heteroatoms. The van der Waals surface area contributed by atoms with Crippen molar-refractivity contribution < 1.29 is 26.9 Å². The number of carbonyl (C=O) groups excluding carboxylic acids is 2. The Hall–Kier alpha value is -2.98. The van der Waals surface area contributed by atoms with Crippen LogP contribution in [-0.2, 0) is 14.9 Å². The maximum Gasteiger partial charge on any atom is 0.339 e. The Morgan fingerprint density at radius 1 is 0.829 bits per heavy atom. The molecule has 1 aliphatic heterocycles. The molecule has 35 heavy (non-hydrogen) atoms. The fraction of sp³-hybridized carbons (Fsp3) is 0.0833. The van der Waals surface area contributed by atoms with Crippen molar-refractivity contribution in [2.45, 2.75) is 4.90 Å². The molecule has 0 bridgehead atoms. The first-order valence-electron chi connectivity index (χ1n) is 10.2. The maximum atomic E-state index is 12.7. The van der Waals surface area contributed by atoms with E-state index in [1.54, 1.807) is 42.5 Å². The lowest BCUT2D eigenvalue weighted by Crippen LogP contribution is -2.32. The molecule has 0 atom stereocenters. The van der Waals surface area contributed by atoms with E-state index < -0.39 is 21.3 Å². The van der Waals surface area contributed by atoms with Gasteiger partial charge in [0.25, 0.3) is 11.1 Å². The fourth-order valence-corrected chi connectivity index (χ4v) is 5.07. The number of benzene rings is 3. The summed E-state index contributed by atoms with van der Waals surface area (Å²) in [7, 11) is -4.02. The third-order valence-corrected chi connectivity index (χ3v) is 7.43. The molecule has 7 nitrogen and oxygen atoms in total. The van der Waals surface area contributed by atoms with Crippen molar-refractivity contribution in [3.05, 3.63) is 93.3 Å². The summed E-state index contributed by atoms with van der Waals surface area (Å²) in [6.07, 6.45) is 1.56. The number of halogens is 2. The molecule has 0 radical (unpaired) electrons. The van der Waals surface area contributed by atoms with Gasteiger partial charge in [-0.15, -0.1) is 0 Å². The number of amides is 2. The third kappa shape index (κ3) is 6.37. The van der Waals surface area contributed by atoms with Gasteiger partial charge in [-0.2, -0.15) is 8.42 Å². The average Bonchev–Trinajstić information content (AvgIpc) is 3.09. The Labute approximate surface area is 216 Å². The molecule has 4 rings (SSSR count). The molecule has 0 aliphatic carbocycles. The smallest absolute Gasteiger partial charge is 0.339 e. The Kier molecular flexibility index (Phi) is 7.71. The van der Waals surface area contributed by atoms with E-state index in [4.69, 9.17) is 32.1 Å². The van der Waals surface area contributed by atoms with E-state index in [1.165, 1.54) is 36.4 Å². The van der Waals surface area contributed by atoms with Gasteiger partial charge < -0.3 is 8.92 Å². The van der Waals surface area contributed by atoms with Crippen molar-refractivity contribution in [1.29, 1.82) is 0 Å². The second-order valence-corrected chi connectivity index (χ2v) is 10.6. The van der Waals surface area contributed by atoms with Crippen LogP contribution in [0.3, 0.4) is 0 Å². The first kappa shape index (κ1) is 25.1. The number of ether oxygens (including phenoxy) is 1. The van der Waals surface area contributed by atoms with Gasteiger partial charge in [-0.3, -0.25) is 14.5 Å². The van der Waals surface area contributed by atoms with Crippen LogP contribution in [0.2, 0.25) is 10.0 Å². The molecule has 3 aromatic carbocycles. The lowest BCUT2D eigenvalue weighted by atomic mass is 10.2. The summed E-state index contributed by atoms with van der Waals surface area (Å²) >= 11 is 12.5. The van der Waals surface area contributed by atoms with Gasteiger partial charge in [0.1, 0.15) is 23.0 Å². The number of carbonyl (C=O) groups is 2. The lowest BCUT2D eigenvalue weighted by molar-refractivity contribution is -0.123. The van der Waals surface area contributed by atoms with Crippen LogP contribution in [0.1, 0.15) is 5.56 Å². The second-order valence-electron chi connectivity index (χ2n) is 7.20. The van der Waals surface area contributed by atoms with E-state index in [0.29, 0.717) is 21.4 Å². The van der Waals surface area contributed by atoms with Crippen molar-refractivity contribution in [3.8, 4) is 11.5 Å². The first-order chi connectivity index (χ1) is 16.7. The SMILES string of the molecule is O=C1S/C(=C\c2ccc(OS(=O)(=O)c3ccc(Cl)cc3)cc2)C(=O)N1CCOc1ccc(Cl)cc1. The summed E-state index contributed by atoms with van der Waals surface area (Å²) in [4.78, 5) is 26.3. The number of hydrogen-bond acceptors (Lipinski definition) is 7. The van der Waals surface area contributed by atoms with Crippen molar-refractivity contribution >= 4 is 62.3 Å². The highest BCUT2D eigenvalue weighted by atomic mass is 35.5.